The molecular weight excluding hydrogens is 210 g/mol. The first-order valence-electron chi connectivity index (χ1n) is 5.23. The predicted molar refractivity (Wildman–Crippen MR) is 57.5 cm³/mol. The molecule has 5 nitrogen and oxygen atoms in total. The zero-order valence-electron chi connectivity index (χ0n) is 10.4. The molecule has 0 aliphatic carbocycles. The van der Waals surface area contributed by atoms with Crippen LogP contribution in [0.5, 0.6) is 0 Å². The van der Waals surface area contributed by atoms with E-state index in [2.05, 4.69) is 0 Å². The summed E-state index contributed by atoms with van der Waals surface area (Å²) in [5.41, 5.74) is -0.441. The first-order chi connectivity index (χ1) is 7.19. The van der Waals surface area contributed by atoms with Gasteiger partial charge in [0.25, 0.3) is 5.91 Å². The third-order valence-electron chi connectivity index (χ3n) is 2.63. The van der Waals surface area contributed by atoms with E-state index in [1.165, 1.54) is 7.05 Å². The molecule has 2 amide bonds. The Hall–Kier alpha value is -0.940. The van der Waals surface area contributed by atoms with Crippen molar-refractivity contribution in [2.24, 2.45) is 5.41 Å². The van der Waals surface area contributed by atoms with E-state index in [0.29, 0.717) is 13.0 Å². The second-order valence-corrected chi connectivity index (χ2v) is 5.23. The molecule has 1 rings (SSSR count). The van der Waals surface area contributed by atoms with E-state index in [0.717, 1.165) is 4.90 Å². The second kappa shape index (κ2) is 4.14. The summed E-state index contributed by atoms with van der Waals surface area (Å²) in [6.45, 7) is 7.68. The molecule has 1 heterocycles. The summed E-state index contributed by atoms with van der Waals surface area (Å²) in [7, 11) is 1.43. The van der Waals surface area contributed by atoms with Gasteiger partial charge in [-0.3, -0.25) is 14.5 Å². The number of carbonyl (C=O) groups is 2. The summed E-state index contributed by atoms with van der Waals surface area (Å²) in [5.74, 6) is -1.13. The van der Waals surface area contributed by atoms with Crippen LogP contribution in [0.25, 0.3) is 0 Å². The van der Waals surface area contributed by atoms with E-state index in [-0.39, 0.29) is 5.91 Å². The summed E-state index contributed by atoms with van der Waals surface area (Å²) < 4.78 is 11.1. The van der Waals surface area contributed by atoms with Crippen LogP contribution in [0.2, 0.25) is 0 Å². The van der Waals surface area contributed by atoms with Crippen LogP contribution >= 0.6 is 0 Å². The van der Waals surface area contributed by atoms with E-state index in [1.54, 1.807) is 13.8 Å². The molecule has 92 valence electrons. The quantitative estimate of drug-likeness (QED) is 0.657. The summed E-state index contributed by atoms with van der Waals surface area (Å²) in [4.78, 5) is 23.5. The molecule has 1 aliphatic rings. The summed E-state index contributed by atoms with van der Waals surface area (Å²) >= 11 is 0. The van der Waals surface area contributed by atoms with E-state index in [9.17, 15) is 9.59 Å². The number of likely N-dealkylation sites (N-methyl/N-ethyl adjacent to an activating group) is 1. The van der Waals surface area contributed by atoms with Crippen molar-refractivity contribution in [3.05, 3.63) is 0 Å². The number of carbonyl (C=O) groups excluding carboxylic acids is 2. The number of nitrogens with zero attached hydrogens (tertiary/aromatic N) is 1. The van der Waals surface area contributed by atoms with Crippen LogP contribution in [0, 0.1) is 5.41 Å². The highest BCUT2D eigenvalue weighted by molar-refractivity contribution is 5.89. The molecule has 5 heteroatoms. The number of hydrogen-bond acceptors (Lipinski definition) is 4. The average molecular weight is 229 g/mol. The van der Waals surface area contributed by atoms with E-state index < -0.39 is 17.3 Å². The first kappa shape index (κ1) is 13.1. The van der Waals surface area contributed by atoms with Gasteiger partial charge in [-0.1, -0.05) is 13.8 Å². The van der Waals surface area contributed by atoms with Gasteiger partial charge in [0.1, 0.15) is 6.10 Å². The molecule has 16 heavy (non-hydrogen) atoms. The Morgan fingerprint density at radius 2 is 1.94 bits per heavy atom. The number of hydrogen-bond donors (Lipinski definition) is 0. The highest BCUT2D eigenvalue weighted by atomic mass is 16.7. The average Bonchev–Trinajstić information content (AvgIpc) is 2.20. The standard InChI is InChI=1S/C11H19NO4/c1-10(2)6-15-11(3,4)16-8(10)9(14)12(5)7-13/h7-8H,6H2,1-5H3. The molecule has 0 N–H and O–H groups in total. The number of amides is 2. The van der Waals surface area contributed by atoms with Crippen LogP contribution in [-0.4, -0.2) is 42.8 Å². The molecule has 1 unspecified atom stereocenters. The van der Waals surface area contributed by atoms with E-state index in [1.807, 2.05) is 13.8 Å². The highest BCUT2D eigenvalue weighted by Gasteiger charge is 2.46. The Balaban J connectivity index is 2.89. The molecule has 0 spiro atoms. The summed E-state index contributed by atoms with van der Waals surface area (Å²) in [6, 6.07) is 0. The molecule has 1 fully saturated rings. The van der Waals surface area contributed by atoms with Crippen molar-refractivity contribution in [1.82, 2.24) is 4.90 Å². The highest BCUT2D eigenvalue weighted by Crippen LogP contribution is 2.35. The Labute approximate surface area is 95.7 Å². The smallest absolute Gasteiger partial charge is 0.258 e. The fraction of sp³-hybridized carbons (Fsp3) is 0.818. The molecule has 0 aromatic heterocycles. The van der Waals surface area contributed by atoms with Crippen LogP contribution in [0.1, 0.15) is 27.7 Å². The van der Waals surface area contributed by atoms with E-state index >= 15 is 0 Å². The minimum Gasteiger partial charge on any atom is -0.350 e. The molecule has 0 aromatic rings. The topological polar surface area (TPSA) is 55.8 Å². The van der Waals surface area contributed by atoms with Gasteiger partial charge in [-0.05, 0) is 13.8 Å². The molecule has 1 saturated heterocycles. The normalized spacial score (nSPS) is 27.2. The van der Waals surface area contributed by atoms with Crippen molar-refractivity contribution in [3.8, 4) is 0 Å². The fourth-order valence-electron chi connectivity index (χ4n) is 1.53. The largest absolute Gasteiger partial charge is 0.350 e. The Morgan fingerprint density at radius 1 is 1.38 bits per heavy atom. The van der Waals surface area contributed by atoms with Crippen LogP contribution < -0.4 is 0 Å². The zero-order chi connectivity index (χ0) is 12.6. The number of imide groups is 1. The Kier molecular flexibility index (Phi) is 3.40. The van der Waals surface area contributed by atoms with Crippen molar-refractivity contribution in [2.75, 3.05) is 13.7 Å². The van der Waals surface area contributed by atoms with Gasteiger partial charge in [-0.25, -0.2) is 0 Å². The second-order valence-electron chi connectivity index (χ2n) is 5.23. The minimum atomic E-state index is -0.792. The van der Waals surface area contributed by atoms with Crippen molar-refractivity contribution in [3.63, 3.8) is 0 Å². The third kappa shape index (κ3) is 2.59. The molecule has 0 aromatic carbocycles. The fourth-order valence-corrected chi connectivity index (χ4v) is 1.53. The van der Waals surface area contributed by atoms with Gasteiger partial charge >= 0.3 is 0 Å². The Bertz CT molecular complexity index is 298. The van der Waals surface area contributed by atoms with Crippen molar-refractivity contribution in [2.45, 2.75) is 39.6 Å². The summed E-state index contributed by atoms with van der Waals surface area (Å²) in [6.07, 6.45) is -0.170. The van der Waals surface area contributed by atoms with Crippen LogP contribution in [-0.2, 0) is 19.1 Å². The monoisotopic (exact) mass is 229 g/mol. The molecule has 0 bridgehead atoms. The number of rotatable bonds is 2. The predicted octanol–water partition coefficient (Wildman–Crippen LogP) is 0.779. The van der Waals surface area contributed by atoms with Gasteiger partial charge < -0.3 is 9.47 Å². The van der Waals surface area contributed by atoms with Crippen LogP contribution in [0.15, 0.2) is 0 Å². The maximum atomic E-state index is 11.9. The van der Waals surface area contributed by atoms with Crippen molar-refractivity contribution >= 4 is 12.3 Å². The molecule has 1 atom stereocenters. The molecule has 0 radical (unpaired) electrons. The van der Waals surface area contributed by atoms with Gasteiger partial charge in [-0.15, -0.1) is 0 Å². The zero-order valence-corrected chi connectivity index (χ0v) is 10.4. The van der Waals surface area contributed by atoms with Crippen molar-refractivity contribution < 1.29 is 19.1 Å². The molecule has 0 saturated carbocycles. The lowest BCUT2D eigenvalue weighted by atomic mass is 9.85. The lowest BCUT2D eigenvalue weighted by molar-refractivity contribution is -0.305. The maximum absolute atomic E-state index is 11.9. The molecule has 1 aliphatic heterocycles. The van der Waals surface area contributed by atoms with Gasteiger partial charge in [-0.2, -0.15) is 0 Å². The Morgan fingerprint density at radius 3 is 2.44 bits per heavy atom. The van der Waals surface area contributed by atoms with Gasteiger partial charge in [0.2, 0.25) is 6.41 Å². The van der Waals surface area contributed by atoms with Crippen molar-refractivity contribution in [1.29, 1.82) is 0 Å². The lowest BCUT2D eigenvalue weighted by Gasteiger charge is -2.45. The summed E-state index contributed by atoms with van der Waals surface area (Å²) in [5, 5.41) is 0. The maximum Gasteiger partial charge on any atom is 0.258 e. The molecular formula is C11H19NO4. The first-order valence-corrected chi connectivity index (χ1v) is 5.23. The minimum absolute atomic E-state index is 0.337. The SMILES string of the molecule is CN(C=O)C(=O)C1OC(C)(C)OCC1(C)C. The number of ether oxygens (including phenoxy) is 2. The third-order valence-corrected chi connectivity index (χ3v) is 2.63. The van der Waals surface area contributed by atoms with Gasteiger partial charge in [0, 0.05) is 12.5 Å². The van der Waals surface area contributed by atoms with Gasteiger partial charge in [0.05, 0.1) is 6.61 Å². The van der Waals surface area contributed by atoms with Crippen LogP contribution in [0.4, 0.5) is 0 Å². The van der Waals surface area contributed by atoms with Crippen LogP contribution in [0.3, 0.4) is 0 Å². The van der Waals surface area contributed by atoms with Gasteiger partial charge in [0.15, 0.2) is 5.79 Å². The lowest BCUT2D eigenvalue weighted by Crippen LogP contribution is -2.56. The van der Waals surface area contributed by atoms with E-state index in [4.69, 9.17) is 9.47 Å².